The number of para-hydroxylation sites is 1. The first-order valence-corrected chi connectivity index (χ1v) is 8.60. The Morgan fingerprint density at radius 2 is 1.65 bits per heavy atom. The van der Waals surface area contributed by atoms with Crippen LogP contribution in [0.15, 0.2) is 30.3 Å². The van der Waals surface area contributed by atoms with E-state index in [1.807, 2.05) is 46.1 Å². The van der Waals surface area contributed by atoms with Crippen LogP contribution in [0.5, 0.6) is 0 Å². The van der Waals surface area contributed by atoms with E-state index in [0.717, 1.165) is 0 Å². The van der Waals surface area contributed by atoms with Crippen molar-refractivity contribution in [2.75, 3.05) is 19.0 Å². The second-order valence-corrected chi connectivity index (χ2v) is 6.30. The first-order valence-electron chi connectivity index (χ1n) is 7.19. The van der Waals surface area contributed by atoms with Gasteiger partial charge in [-0.2, -0.15) is 0 Å². The Morgan fingerprint density at radius 1 is 1.04 bits per heavy atom. The van der Waals surface area contributed by atoms with Gasteiger partial charge < -0.3 is 16.3 Å². The molecule has 0 aliphatic carbocycles. The summed E-state index contributed by atoms with van der Waals surface area (Å²) in [6, 6.07) is 10.3. The van der Waals surface area contributed by atoms with Crippen LogP contribution in [0, 0.1) is 36.2 Å². The molecule has 1 aliphatic heterocycles. The Balaban J connectivity index is 0.000000253. The smallest absolute Gasteiger partial charge is 0.549 e. The second-order valence-electron chi connectivity index (χ2n) is 4.94. The molecule has 1 aliphatic rings. The van der Waals surface area contributed by atoms with Crippen molar-refractivity contribution in [2.24, 2.45) is 0 Å². The molecule has 5 heteroatoms. The van der Waals surface area contributed by atoms with Crippen molar-refractivity contribution in [1.29, 1.82) is 0 Å². The Kier molecular flexibility index (Phi) is 8.79. The molecule has 2 atom stereocenters. The van der Waals surface area contributed by atoms with Gasteiger partial charge in [0, 0.05) is 31.6 Å². The molecular weight excluding hydrogens is 305 g/mol. The van der Waals surface area contributed by atoms with Crippen LogP contribution in [0.2, 0.25) is 0 Å². The highest BCUT2D eigenvalue weighted by molar-refractivity contribution is 6.37. The van der Waals surface area contributed by atoms with Crippen LogP contribution in [0.25, 0.3) is 0 Å². The molecule has 2 unspecified atom stereocenters. The van der Waals surface area contributed by atoms with Crippen molar-refractivity contribution in [3.05, 3.63) is 30.3 Å². The Hall–Kier alpha value is -2.05. The van der Waals surface area contributed by atoms with Gasteiger partial charge in [0.05, 0.1) is 18.3 Å². The van der Waals surface area contributed by atoms with Gasteiger partial charge in [0.1, 0.15) is 0 Å². The molecule has 118 valence electrons. The summed E-state index contributed by atoms with van der Waals surface area (Å²) < 4.78 is 15.8. The van der Waals surface area contributed by atoms with E-state index in [1.54, 1.807) is 0 Å². The van der Waals surface area contributed by atoms with Crippen LogP contribution in [0.4, 0.5) is 5.69 Å². The zero-order valence-corrected chi connectivity index (χ0v) is 15.0. The zero-order valence-electron chi connectivity index (χ0n) is 13.9. The van der Waals surface area contributed by atoms with Crippen LogP contribution in [0.3, 0.4) is 0 Å². The number of hydrogen-bond donors (Lipinski definition) is 0. The highest BCUT2D eigenvalue weighted by atomic mass is 27.3. The summed E-state index contributed by atoms with van der Waals surface area (Å²) >= 11 is -2.04. The Bertz CT molecular complexity index is 621. The quantitative estimate of drug-likeness (QED) is 0.616. The highest BCUT2D eigenvalue weighted by Gasteiger charge is 2.46. The van der Waals surface area contributed by atoms with Gasteiger partial charge in [0.15, 0.2) is 0 Å². The predicted octanol–water partition coefficient (Wildman–Crippen LogP) is 2.16. The maximum atomic E-state index is 5.38. The average Bonchev–Trinajstić information content (AvgIpc) is 2.87. The lowest BCUT2D eigenvalue weighted by Gasteiger charge is -2.10. The predicted molar refractivity (Wildman–Crippen MR) is 93.1 cm³/mol. The summed E-state index contributed by atoms with van der Waals surface area (Å²) in [6.07, 6.45) is 7.44. The number of hydrogen-bond acceptors (Lipinski definition) is 4. The van der Waals surface area contributed by atoms with Crippen molar-refractivity contribution < 1.29 is 11.4 Å². The second kappa shape index (κ2) is 10.6. The molecular formula is C18H20AlNO3. The molecule has 1 heterocycles. The molecule has 4 nitrogen and oxygen atoms in total. The fraction of sp³-hybridized carbons (Fsp3) is 0.333. The third-order valence-electron chi connectivity index (χ3n) is 2.99. The zero-order chi connectivity index (χ0) is 17.1. The summed E-state index contributed by atoms with van der Waals surface area (Å²) in [4.78, 5) is 2.08. The lowest BCUT2D eigenvalue weighted by atomic mass is 10.3. The van der Waals surface area contributed by atoms with Gasteiger partial charge in [-0.05, 0) is 37.8 Å². The van der Waals surface area contributed by atoms with Crippen LogP contribution >= 0.6 is 0 Å². The van der Waals surface area contributed by atoms with E-state index in [1.165, 1.54) is 5.69 Å². The number of anilines is 1. The maximum absolute atomic E-state index is 5.38. The minimum absolute atomic E-state index is 0.0743. The SMILES string of the molecule is C#CC#CC#C[O][Al]1[O]C(C)C(C)[O]1.CN(C)c1ccccc1. The van der Waals surface area contributed by atoms with E-state index < -0.39 is 15.1 Å². The molecule has 0 amide bonds. The fourth-order valence-electron chi connectivity index (χ4n) is 1.56. The van der Waals surface area contributed by atoms with Crippen molar-refractivity contribution in [3.63, 3.8) is 0 Å². The molecule has 1 saturated heterocycles. The normalized spacial score (nSPS) is 18.1. The topological polar surface area (TPSA) is 30.9 Å². The molecule has 1 aromatic carbocycles. The van der Waals surface area contributed by atoms with Crippen molar-refractivity contribution >= 4 is 20.8 Å². The molecule has 0 bridgehead atoms. The Morgan fingerprint density at radius 3 is 2.13 bits per heavy atom. The average molecular weight is 325 g/mol. The van der Waals surface area contributed by atoms with Gasteiger partial charge >= 0.3 is 15.1 Å². The fourth-order valence-corrected chi connectivity index (χ4v) is 3.03. The first-order chi connectivity index (χ1) is 11.0. The van der Waals surface area contributed by atoms with Crippen LogP contribution in [-0.2, 0) is 11.4 Å². The van der Waals surface area contributed by atoms with Crippen LogP contribution < -0.4 is 4.90 Å². The van der Waals surface area contributed by atoms with Gasteiger partial charge in [-0.3, -0.25) is 0 Å². The molecule has 0 N–H and O–H groups in total. The minimum Gasteiger partial charge on any atom is -0.549 e. The van der Waals surface area contributed by atoms with Gasteiger partial charge in [-0.1, -0.05) is 18.2 Å². The summed E-state index contributed by atoms with van der Waals surface area (Å²) in [7, 11) is 4.07. The molecule has 23 heavy (non-hydrogen) atoms. The monoisotopic (exact) mass is 325 g/mol. The maximum Gasteiger partial charge on any atom is 1.01 e. The van der Waals surface area contributed by atoms with E-state index in [2.05, 4.69) is 46.8 Å². The largest absolute Gasteiger partial charge is 1.01 e. The number of terminal acetylenes is 1. The van der Waals surface area contributed by atoms with E-state index in [0.29, 0.717) is 0 Å². The number of benzene rings is 1. The molecule has 0 spiro atoms. The summed E-state index contributed by atoms with van der Waals surface area (Å²) in [6.45, 7) is 3.87. The molecule has 1 aromatic rings. The molecule has 0 radical (unpaired) electrons. The van der Waals surface area contributed by atoms with Crippen LogP contribution in [0.1, 0.15) is 13.8 Å². The van der Waals surface area contributed by atoms with Gasteiger partial charge in [0.25, 0.3) is 0 Å². The van der Waals surface area contributed by atoms with E-state index in [4.69, 9.17) is 17.8 Å². The number of nitrogens with zero attached hydrogens (tertiary/aromatic N) is 1. The minimum atomic E-state index is -2.04. The molecule has 1 fully saturated rings. The van der Waals surface area contributed by atoms with E-state index in [-0.39, 0.29) is 12.2 Å². The third-order valence-corrected chi connectivity index (χ3v) is 4.60. The highest BCUT2D eigenvalue weighted by Crippen LogP contribution is 2.15. The van der Waals surface area contributed by atoms with Gasteiger partial charge in [-0.15, -0.1) is 6.42 Å². The summed E-state index contributed by atoms with van der Waals surface area (Å²) in [5.41, 5.74) is 1.25. The van der Waals surface area contributed by atoms with Gasteiger partial charge in [-0.25, -0.2) is 0 Å². The molecule has 0 saturated carbocycles. The lowest BCUT2D eigenvalue weighted by Crippen LogP contribution is -2.17. The Labute approximate surface area is 144 Å². The van der Waals surface area contributed by atoms with Gasteiger partial charge in [0.2, 0.25) is 0 Å². The lowest BCUT2D eigenvalue weighted by molar-refractivity contribution is 0.187. The van der Waals surface area contributed by atoms with Crippen molar-refractivity contribution in [3.8, 4) is 36.2 Å². The van der Waals surface area contributed by atoms with E-state index in [9.17, 15) is 0 Å². The number of rotatable bonds is 2. The first kappa shape index (κ1) is 19.0. The van der Waals surface area contributed by atoms with E-state index >= 15 is 0 Å². The molecule has 0 aromatic heterocycles. The summed E-state index contributed by atoms with van der Waals surface area (Å²) in [5, 5.41) is 0. The van der Waals surface area contributed by atoms with Crippen LogP contribution in [-0.4, -0.2) is 41.5 Å². The van der Waals surface area contributed by atoms with Crippen molar-refractivity contribution in [1.82, 2.24) is 0 Å². The molecule has 2 rings (SSSR count). The third kappa shape index (κ3) is 7.67. The summed E-state index contributed by atoms with van der Waals surface area (Å²) in [5.74, 6) is 9.35. The van der Waals surface area contributed by atoms with Crippen molar-refractivity contribution in [2.45, 2.75) is 26.1 Å². The standard InChI is InChI=1S/C8H11N.C6H2O.C4H8O2.Al/c1-9(2)8-6-4-3-5-7-8;1-2-3-4-5-6-7;1-3(5)4(2)6;/h3-7H,1-2H3;1,7H;3-4H,1-2H3;/q;;-2;+3/p-1.